The largest absolute Gasteiger partial charge is 0.444 e. The fraction of sp³-hybridized carbons (Fsp3) is 0.464. The number of aryl methyl sites for hydroxylation is 1. The first-order chi connectivity index (χ1) is 16.9. The molecule has 0 aromatic heterocycles. The molecule has 0 saturated carbocycles. The van der Waals surface area contributed by atoms with Crippen LogP contribution in [0.2, 0.25) is 0 Å². The van der Waals surface area contributed by atoms with Gasteiger partial charge in [-0.25, -0.2) is 4.79 Å². The van der Waals surface area contributed by atoms with Gasteiger partial charge in [0, 0.05) is 13.1 Å². The molecule has 2 unspecified atom stereocenters. The molecule has 0 saturated heterocycles. The van der Waals surface area contributed by atoms with Crippen LogP contribution in [0.3, 0.4) is 0 Å². The number of carbonyl (C=O) groups is 3. The molecule has 0 spiro atoms. The summed E-state index contributed by atoms with van der Waals surface area (Å²) in [5.41, 5.74) is 1.79. The van der Waals surface area contributed by atoms with Gasteiger partial charge in [0.05, 0.1) is 6.61 Å². The van der Waals surface area contributed by atoms with Crippen molar-refractivity contribution in [2.24, 2.45) is 5.92 Å². The number of hydrogen-bond acceptors (Lipinski definition) is 5. The van der Waals surface area contributed by atoms with Gasteiger partial charge in [0.2, 0.25) is 11.8 Å². The first-order valence-corrected chi connectivity index (χ1v) is 12.2. The molecule has 0 bridgehead atoms. The summed E-state index contributed by atoms with van der Waals surface area (Å²) in [5.74, 6) is -1.16. The van der Waals surface area contributed by atoms with E-state index in [2.05, 4.69) is 10.6 Å². The zero-order chi connectivity index (χ0) is 26.9. The van der Waals surface area contributed by atoms with Crippen molar-refractivity contribution in [3.8, 4) is 0 Å². The fourth-order valence-corrected chi connectivity index (χ4v) is 3.70. The number of rotatable bonds is 10. The van der Waals surface area contributed by atoms with Crippen molar-refractivity contribution in [3.63, 3.8) is 0 Å². The minimum Gasteiger partial charge on any atom is -0.444 e. The number of benzene rings is 2. The van der Waals surface area contributed by atoms with Crippen LogP contribution in [0.4, 0.5) is 4.79 Å². The van der Waals surface area contributed by atoms with Gasteiger partial charge < -0.3 is 25.4 Å². The van der Waals surface area contributed by atoms with E-state index in [-0.39, 0.29) is 31.5 Å². The van der Waals surface area contributed by atoms with Crippen LogP contribution in [0, 0.1) is 12.8 Å². The Bertz CT molecular complexity index is 1000. The molecule has 0 heterocycles. The quantitative estimate of drug-likeness (QED) is 0.464. The average molecular weight is 498 g/mol. The highest BCUT2D eigenvalue weighted by Crippen LogP contribution is 2.24. The Labute approximate surface area is 214 Å². The van der Waals surface area contributed by atoms with Crippen LogP contribution in [0.25, 0.3) is 0 Å². The molecule has 2 aromatic rings. The Hall–Kier alpha value is -3.39. The fourth-order valence-electron chi connectivity index (χ4n) is 3.70. The monoisotopic (exact) mass is 497 g/mol. The second-order valence-electron chi connectivity index (χ2n) is 10.1. The summed E-state index contributed by atoms with van der Waals surface area (Å²) in [4.78, 5) is 41.1. The van der Waals surface area contributed by atoms with E-state index in [4.69, 9.17) is 4.74 Å². The average Bonchev–Trinajstić information content (AvgIpc) is 2.81. The molecule has 196 valence electrons. The first-order valence-electron chi connectivity index (χ1n) is 12.2. The van der Waals surface area contributed by atoms with Crippen LogP contribution in [0.5, 0.6) is 0 Å². The molecule has 3 N–H and O–H groups in total. The first kappa shape index (κ1) is 28.8. The van der Waals surface area contributed by atoms with Gasteiger partial charge >= 0.3 is 6.09 Å². The molecular weight excluding hydrogens is 458 g/mol. The van der Waals surface area contributed by atoms with Gasteiger partial charge in [0.15, 0.2) is 0 Å². The van der Waals surface area contributed by atoms with Gasteiger partial charge in [-0.05, 0) is 44.7 Å². The number of amides is 3. The summed E-state index contributed by atoms with van der Waals surface area (Å²) in [7, 11) is 0. The molecule has 0 aliphatic carbocycles. The number of aliphatic hydroxyl groups is 1. The molecule has 2 aromatic carbocycles. The Balaban J connectivity index is 2.39. The van der Waals surface area contributed by atoms with Crippen molar-refractivity contribution in [1.29, 1.82) is 0 Å². The summed E-state index contributed by atoms with van der Waals surface area (Å²) in [5, 5.41) is 15.4. The third-order valence-electron chi connectivity index (χ3n) is 5.49. The highest BCUT2D eigenvalue weighted by molar-refractivity contribution is 5.92. The number of nitrogens with one attached hydrogen (secondary N) is 2. The van der Waals surface area contributed by atoms with E-state index < -0.39 is 29.7 Å². The van der Waals surface area contributed by atoms with Crippen LogP contribution in [-0.4, -0.2) is 52.7 Å². The van der Waals surface area contributed by atoms with Gasteiger partial charge in [-0.1, -0.05) is 74.0 Å². The number of nitrogens with zero attached hydrogens (tertiary/aromatic N) is 1. The molecular formula is C28H39N3O5. The zero-order valence-corrected chi connectivity index (χ0v) is 22.1. The summed E-state index contributed by atoms with van der Waals surface area (Å²) >= 11 is 0. The molecule has 2 atom stereocenters. The van der Waals surface area contributed by atoms with Gasteiger partial charge in [-0.2, -0.15) is 0 Å². The van der Waals surface area contributed by atoms with Crippen molar-refractivity contribution >= 4 is 17.9 Å². The molecule has 8 heteroatoms. The van der Waals surface area contributed by atoms with E-state index in [1.54, 1.807) is 46.8 Å². The van der Waals surface area contributed by atoms with E-state index in [1.807, 2.05) is 49.4 Å². The van der Waals surface area contributed by atoms with Crippen molar-refractivity contribution in [1.82, 2.24) is 15.5 Å². The summed E-state index contributed by atoms with van der Waals surface area (Å²) in [6.45, 7) is 10.6. The molecule has 36 heavy (non-hydrogen) atoms. The Kier molecular flexibility index (Phi) is 10.5. The lowest BCUT2D eigenvalue weighted by Crippen LogP contribution is -2.55. The second kappa shape index (κ2) is 13.1. The van der Waals surface area contributed by atoms with Crippen LogP contribution in [0.15, 0.2) is 54.6 Å². The number of ether oxygens (including phenoxy) is 1. The molecule has 3 amide bonds. The predicted octanol–water partition coefficient (Wildman–Crippen LogP) is 3.72. The third kappa shape index (κ3) is 8.68. The standard InChI is InChI=1S/C28H39N3O5/c1-19(2)23(30-27(35)36-28(4,5)6)26(34)31(16-17-32)24(22-14-12-20(3)13-15-22)25(33)29-18-21-10-8-7-9-11-21/h7-15,19,23-24,32H,16-18H2,1-6H3,(H,29,33)(H,30,35). The van der Waals surface area contributed by atoms with Gasteiger partial charge in [-0.3, -0.25) is 9.59 Å². The van der Waals surface area contributed by atoms with Crippen molar-refractivity contribution in [3.05, 3.63) is 71.3 Å². The van der Waals surface area contributed by atoms with E-state index in [0.29, 0.717) is 5.56 Å². The van der Waals surface area contributed by atoms with E-state index in [9.17, 15) is 19.5 Å². The molecule has 8 nitrogen and oxygen atoms in total. The van der Waals surface area contributed by atoms with Crippen molar-refractivity contribution in [2.75, 3.05) is 13.2 Å². The van der Waals surface area contributed by atoms with Crippen molar-refractivity contribution < 1.29 is 24.2 Å². The molecule has 2 rings (SSSR count). The predicted molar refractivity (Wildman–Crippen MR) is 139 cm³/mol. The van der Waals surface area contributed by atoms with Gasteiger partial charge in [0.25, 0.3) is 0 Å². The van der Waals surface area contributed by atoms with Gasteiger partial charge in [-0.15, -0.1) is 0 Å². The zero-order valence-electron chi connectivity index (χ0n) is 22.1. The van der Waals surface area contributed by atoms with Crippen LogP contribution in [-0.2, 0) is 20.9 Å². The minimum absolute atomic E-state index is 0.0879. The van der Waals surface area contributed by atoms with E-state index in [0.717, 1.165) is 11.1 Å². The Morgan fingerprint density at radius 3 is 2.14 bits per heavy atom. The number of alkyl carbamates (subject to hydrolysis) is 1. The van der Waals surface area contributed by atoms with Gasteiger partial charge in [0.1, 0.15) is 17.7 Å². The summed E-state index contributed by atoms with van der Waals surface area (Å²) in [6.07, 6.45) is -0.723. The number of carbonyl (C=O) groups excluding carboxylic acids is 3. The van der Waals surface area contributed by atoms with Crippen LogP contribution in [0.1, 0.15) is 57.4 Å². The van der Waals surface area contributed by atoms with Crippen LogP contribution < -0.4 is 10.6 Å². The maximum Gasteiger partial charge on any atom is 0.408 e. The minimum atomic E-state index is -1.00. The Morgan fingerprint density at radius 2 is 1.61 bits per heavy atom. The summed E-state index contributed by atoms with van der Waals surface area (Å²) in [6, 6.07) is 14.8. The number of hydrogen-bond donors (Lipinski definition) is 3. The maximum absolute atomic E-state index is 13.8. The molecule has 0 aliphatic rings. The second-order valence-corrected chi connectivity index (χ2v) is 10.1. The third-order valence-corrected chi connectivity index (χ3v) is 5.49. The smallest absolute Gasteiger partial charge is 0.408 e. The van der Waals surface area contributed by atoms with Crippen LogP contribution >= 0.6 is 0 Å². The Morgan fingerprint density at radius 1 is 1.00 bits per heavy atom. The lowest BCUT2D eigenvalue weighted by Gasteiger charge is -2.35. The summed E-state index contributed by atoms with van der Waals surface area (Å²) < 4.78 is 5.35. The normalized spacial score (nSPS) is 13.0. The van der Waals surface area contributed by atoms with E-state index >= 15 is 0 Å². The molecule has 0 radical (unpaired) electrons. The highest BCUT2D eigenvalue weighted by Gasteiger charge is 2.37. The lowest BCUT2D eigenvalue weighted by molar-refractivity contribution is -0.144. The highest BCUT2D eigenvalue weighted by atomic mass is 16.6. The SMILES string of the molecule is Cc1ccc(C(C(=O)NCc2ccccc2)N(CCO)C(=O)C(NC(=O)OC(C)(C)C)C(C)C)cc1. The molecule has 0 aliphatic heterocycles. The lowest BCUT2D eigenvalue weighted by atomic mass is 9.98. The maximum atomic E-state index is 13.8. The number of aliphatic hydroxyl groups excluding tert-OH is 1. The molecule has 0 fully saturated rings. The topological polar surface area (TPSA) is 108 Å². The van der Waals surface area contributed by atoms with E-state index in [1.165, 1.54) is 4.90 Å². The van der Waals surface area contributed by atoms with Crippen molar-refractivity contribution in [2.45, 2.75) is 65.8 Å².